The maximum absolute atomic E-state index is 11.7. The fourth-order valence-electron chi connectivity index (χ4n) is 1.67. The van der Waals surface area contributed by atoms with Crippen LogP contribution in [0.4, 0.5) is 0 Å². The maximum Gasteiger partial charge on any atom is 0.271 e. The standard InChI is InChI=1S/C15H13ClN2O2/c1-10-7-12(14(19)13(16)8-10)9-17-18-15(20)11-5-3-2-4-6-11/h2-9,19H,1H3,(H,18,20)/b17-9+. The van der Waals surface area contributed by atoms with Crippen molar-refractivity contribution in [3.8, 4) is 5.75 Å². The third kappa shape index (κ3) is 3.36. The van der Waals surface area contributed by atoms with Crippen molar-refractivity contribution in [2.24, 2.45) is 5.10 Å². The van der Waals surface area contributed by atoms with Crippen LogP contribution in [0.25, 0.3) is 0 Å². The third-order valence-corrected chi connectivity index (χ3v) is 2.93. The number of nitrogens with zero attached hydrogens (tertiary/aromatic N) is 1. The second-order valence-electron chi connectivity index (χ2n) is 4.25. The Bertz CT molecular complexity index is 654. The topological polar surface area (TPSA) is 61.7 Å². The minimum Gasteiger partial charge on any atom is -0.506 e. The first-order valence-electron chi connectivity index (χ1n) is 5.95. The summed E-state index contributed by atoms with van der Waals surface area (Å²) in [5, 5.41) is 13.8. The van der Waals surface area contributed by atoms with Gasteiger partial charge in [-0.3, -0.25) is 4.79 Å². The maximum atomic E-state index is 11.7. The molecule has 2 rings (SSSR count). The second kappa shape index (κ2) is 6.21. The van der Waals surface area contributed by atoms with E-state index in [-0.39, 0.29) is 16.7 Å². The summed E-state index contributed by atoms with van der Waals surface area (Å²) in [5.74, 6) is -0.380. The molecule has 0 aromatic heterocycles. The number of amides is 1. The van der Waals surface area contributed by atoms with E-state index in [1.54, 1.807) is 36.4 Å². The van der Waals surface area contributed by atoms with Gasteiger partial charge in [0.2, 0.25) is 0 Å². The molecule has 0 unspecified atom stereocenters. The first-order valence-corrected chi connectivity index (χ1v) is 6.33. The fraction of sp³-hybridized carbons (Fsp3) is 0.0667. The Labute approximate surface area is 121 Å². The van der Waals surface area contributed by atoms with Crippen LogP contribution >= 0.6 is 11.6 Å². The van der Waals surface area contributed by atoms with E-state index in [1.807, 2.05) is 13.0 Å². The van der Waals surface area contributed by atoms with Crippen molar-refractivity contribution >= 4 is 23.7 Å². The summed E-state index contributed by atoms with van der Waals surface area (Å²) in [6, 6.07) is 12.1. The van der Waals surface area contributed by atoms with Crippen molar-refractivity contribution in [1.29, 1.82) is 0 Å². The van der Waals surface area contributed by atoms with Gasteiger partial charge in [0.25, 0.3) is 5.91 Å². The summed E-state index contributed by atoms with van der Waals surface area (Å²) in [6.45, 7) is 1.85. The number of aryl methyl sites for hydroxylation is 1. The van der Waals surface area contributed by atoms with E-state index in [2.05, 4.69) is 10.5 Å². The number of hydrazone groups is 1. The number of phenolic OH excluding ortho intramolecular Hbond substituents is 1. The molecule has 4 nitrogen and oxygen atoms in total. The van der Waals surface area contributed by atoms with Gasteiger partial charge in [-0.1, -0.05) is 29.8 Å². The largest absolute Gasteiger partial charge is 0.506 e. The van der Waals surface area contributed by atoms with Gasteiger partial charge in [-0.25, -0.2) is 5.43 Å². The van der Waals surface area contributed by atoms with E-state index in [0.717, 1.165) is 5.56 Å². The normalized spacial score (nSPS) is 10.7. The molecule has 0 atom stereocenters. The predicted molar refractivity (Wildman–Crippen MR) is 79.4 cm³/mol. The predicted octanol–water partition coefficient (Wildman–Crippen LogP) is 3.12. The zero-order valence-corrected chi connectivity index (χ0v) is 11.6. The van der Waals surface area contributed by atoms with Gasteiger partial charge < -0.3 is 5.11 Å². The smallest absolute Gasteiger partial charge is 0.271 e. The molecule has 0 aliphatic carbocycles. The molecule has 2 aromatic rings. The highest BCUT2D eigenvalue weighted by Gasteiger charge is 2.06. The Morgan fingerprint density at radius 3 is 2.70 bits per heavy atom. The van der Waals surface area contributed by atoms with Gasteiger partial charge in [0, 0.05) is 11.1 Å². The summed E-state index contributed by atoms with van der Waals surface area (Å²) in [6.07, 6.45) is 1.36. The number of aromatic hydroxyl groups is 1. The third-order valence-electron chi connectivity index (χ3n) is 2.64. The van der Waals surface area contributed by atoms with Crippen molar-refractivity contribution in [2.45, 2.75) is 6.92 Å². The Morgan fingerprint density at radius 2 is 2.00 bits per heavy atom. The molecular formula is C15H13ClN2O2. The van der Waals surface area contributed by atoms with Crippen molar-refractivity contribution in [3.63, 3.8) is 0 Å². The Morgan fingerprint density at radius 1 is 1.30 bits per heavy atom. The zero-order chi connectivity index (χ0) is 14.5. The van der Waals surface area contributed by atoms with Crippen LogP contribution in [0.2, 0.25) is 5.02 Å². The molecule has 0 aliphatic rings. The molecule has 2 N–H and O–H groups in total. The van der Waals surface area contributed by atoms with Crippen molar-refractivity contribution in [2.75, 3.05) is 0 Å². The molecule has 0 fully saturated rings. The summed E-state index contributed by atoms with van der Waals surface area (Å²) in [7, 11) is 0. The van der Waals surface area contributed by atoms with Gasteiger partial charge in [-0.2, -0.15) is 5.10 Å². The number of carbonyl (C=O) groups is 1. The lowest BCUT2D eigenvalue weighted by molar-refractivity contribution is 0.0955. The molecule has 0 heterocycles. The lowest BCUT2D eigenvalue weighted by Gasteiger charge is -2.03. The summed E-state index contributed by atoms with van der Waals surface area (Å²) in [5.41, 5.74) is 4.24. The number of halogens is 1. The van der Waals surface area contributed by atoms with Crippen LogP contribution < -0.4 is 5.43 Å². The molecule has 0 saturated carbocycles. The molecular weight excluding hydrogens is 276 g/mol. The number of hydrogen-bond acceptors (Lipinski definition) is 3. The molecule has 0 spiro atoms. The Balaban J connectivity index is 2.10. The quantitative estimate of drug-likeness (QED) is 0.673. The number of carbonyl (C=O) groups excluding carboxylic acids is 1. The lowest BCUT2D eigenvalue weighted by Crippen LogP contribution is -2.17. The van der Waals surface area contributed by atoms with Gasteiger partial charge in [-0.15, -0.1) is 0 Å². The molecule has 1 amide bonds. The molecule has 5 heteroatoms. The highest BCUT2D eigenvalue weighted by Crippen LogP contribution is 2.27. The highest BCUT2D eigenvalue weighted by molar-refractivity contribution is 6.32. The molecule has 2 aromatic carbocycles. The van der Waals surface area contributed by atoms with Crippen LogP contribution in [0.5, 0.6) is 5.75 Å². The summed E-state index contributed by atoms with van der Waals surface area (Å²) >= 11 is 5.86. The molecule has 0 saturated heterocycles. The summed E-state index contributed by atoms with van der Waals surface area (Å²) < 4.78 is 0. The number of hydrogen-bond donors (Lipinski definition) is 2. The van der Waals surface area contributed by atoms with E-state index in [9.17, 15) is 9.90 Å². The van der Waals surface area contributed by atoms with Crippen LogP contribution in [0.15, 0.2) is 47.6 Å². The molecule has 20 heavy (non-hydrogen) atoms. The average molecular weight is 289 g/mol. The van der Waals surface area contributed by atoms with E-state index in [4.69, 9.17) is 11.6 Å². The van der Waals surface area contributed by atoms with Crippen molar-refractivity contribution < 1.29 is 9.90 Å². The lowest BCUT2D eigenvalue weighted by atomic mass is 10.1. The van der Waals surface area contributed by atoms with E-state index < -0.39 is 0 Å². The Hall–Kier alpha value is -2.33. The average Bonchev–Trinajstić information content (AvgIpc) is 2.44. The van der Waals surface area contributed by atoms with Crippen molar-refractivity contribution in [3.05, 3.63) is 64.2 Å². The zero-order valence-electron chi connectivity index (χ0n) is 10.8. The highest BCUT2D eigenvalue weighted by atomic mass is 35.5. The number of phenols is 1. The van der Waals surface area contributed by atoms with E-state index in [1.165, 1.54) is 6.21 Å². The fourth-order valence-corrected chi connectivity index (χ4v) is 1.96. The second-order valence-corrected chi connectivity index (χ2v) is 4.66. The number of rotatable bonds is 3. The van der Waals surface area contributed by atoms with Gasteiger partial charge in [0.15, 0.2) is 0 Å². The van der Waals surface area contributed by atoms with Gasteiger partial charge >= 0.3 is 0 Å². The van der Waals surface area contributed by atoms with E-state index in [0.29, 0.717) is 11.1 Å². The van der Waals surface area contributed by atoms with Crippen LogP contribution in [0.3, 0.4) is 0 Å². The van der Waals surface area contributed by atoms with E-state index >= 15 is 0 Å². The number of nitrogens with one attached hydrogen (secondary N) is 1. The minimum absolute atomic E-state index is 0.0602. The monoisotopic (exact) mass is 288 g/mol. The molecule has 0 radical (unpaired) electrons. The van der Waals surface area contributed by atoms with Gasteiger partial charge in [0.05, 0.1) is 11.2 Å². The molecule has 0 bridgehead atoms. The van der Waals surface area contributed by atoms with Crippen LogP contribution in [0, 0.1) is 6.92 Å². The SMILES string of the molecule is Cc1cc(Cl)c(O)c(/C=N/NC(=O)c2ccccc2)c1. The van der Waals surface area contributed by atoms with Crippen molar-refractivity contribution in [1.82, 2.24) is 5.43 Å². The van der Waals surface area contributed by atoms with Crippen LogP contribution in [-0.4, -0.2) is 17.2 Å². The first kappa shape index (κ1) is 14.1. The molecule has 0 aliphatic heterocycles. The molecule has 102 valence electrons. The van der Waals surface area contributed by atoms with Crippen LogP contribution in [-0.2, 0) is 0 Å². The Kier molecular flexibility index (Phi) is 4.38. The summed E-state index contributed by atoms with van der Waals surface area (Å²) in [4.78, 5) is 11.7. The first-order chi connectivity index (χ1) is 9.58. The van der Waals surface area contributed by atoms with Crippen LogP contribution in [0.1, 0.15) is 21.5 Å². The van der Waals surface area contributed by atoms with Gasteiger partial charge in [-0.05, 0) is 36.8 Å². The van der Waals surface area contributed by atoms with Gasteiger partial charge in [0.1, 0.15) is 5.75 Å². The number of benzene rings is 2. The minimum atomic E-state index is -0.319.